The van der Waals surface area contributed by atoms with Crippen LogP contribution in [0.5, 0.6) is 0 Å². The van der Waals surface area contributed by atoms with Crippen LogP contribution in [0.1, 0.15) is 18.4 Å². The molecule has 94 valence electrons. The van der Waals surface area contributed by atoms with E-state index in [4.69, 9.17) is 11.6 Å². The Morgan fingerprint density at radius 2 is 1.94 bits per heavy atom. The quantitative estimate of drug-likeness (QED) is 0.592. The number of rotatable bonds is 4. The molecule has 0 aliphatic rings. The van der Waals surface area contributed by atoms with Gasteiger partial charge in [0.1, 0.15) is 11.0 Å². The molecule has 0 amide bonds. The molecular formula is C13H12BrClN2S. The molecule has 2 rings (SSSR count). The first-order valence-corrected chi connectivity index (χ1v) is 7.73. The summed E-state index contributed by atoms with van der Waals surface area (Å²) in [5, 5.41) is 0.522. The van der Waals surface area contributed by atoms with Gasteiger partial charge < -0.3 is 0 Å². The van der Waals surface area contributed by atoms with Gasteiger partial charge in [-0.3, -0.25) is 0 Å². The first-order valence-electron chi connectivity index (χ1n) is 5.58. The molecule has 2 nitrogen and oxygen atoms in total. The van der Waals surface area contributed by atoms with Gasteiger partial charge in [0, 0.05) is 15.1 Å². The Hall–Kier alpha value is -0.580. The lowest BCUT2D eigenvalue weighted by Crippen LogP contribution is -1.97. The topological polar surface area (TPSA) is 25.8 Å². The minimum absolute atomic E-state index is 0.522. The highest BCUT2D eigenvalue weighted by atomic mass is 79.9. The molecule has 0 atom stereocenters. The Morgan fingerprint density at radius 1 is 1.22 bits per heavy atom. The molecule has 0 unspecified atom stereocenters. The highest BCUT2D eigenvalue weighted by Crippen LogP contribution is 2.23. The van der Waals surface area contributed by atoms with Crippen molar-refractivity contribution >= 4 is 39.3 Å². The molecule has 0 saturated carbocycles. The summed E-state index contributed by atoms with van der Waals surface area (Å²) in [7, 11) is 0. The summed E-state index contributed by atoms with van der Waals surface area (Å²) < 4.78 is 1.08. The van der Waals surface area contributed by atoms with Gasteiger partial charge in [-0.1, -0.05) is 34.5 Å². The monoisotopic (exact) mass is 342 g/mol. The predicted molar refractivity (Wildman–Crippen MR) is 80.1 cm³/mol. The van der Waals surface area contributed by atoms with Crippen molar-refractivity contribution in [2.75, 3.05) is 0 Å². The zero-order chi connectivity index (χ0) is 13.0. The van der Waals surface area contributed by atoms with Crippen LogP contribution in [0.25, 0.3) is 0 Å². The summed E-state index contributed by atoms with van der Waals surface area (Å²) in [6, 6.07) is 10.0. The van der Waals surface area contributed by atoms with E-state index in [2.05, 4.69) is 45.0 Å². The van der Waals surface area contributed by atoms with Gasteiger partial charge in [-0.05, 0) is 36.8 Å². The third-order valence-electron chi connectivity index (χ3n) is 2.34. The Bertz CT molecular complexity index is 531. The molecule has 0 bridgehead atoms. The van der Waals surface area contributed by atoms with Crippen molar-refractivity contribution in [1.29, 1.82) is 0 Å². The smallest absolute Gasteiger partial charge is 0.140 e. The molecule has 1 aromatic carbocycles. The van der Waals surface area contributed by atoms with Crippen molar-refractivity contribution in [2.45, 2.75) is 24.0 Å². The van der Waals surface area contributed by atoms with Crippen molar-refractivity contribution in [3.8, 4) is 0 Å². The third kappa shape index (κ3) is 3.97. The fourth-order valence-corrected chi connectivity index (χ4v) is 2.68. The van der Waals surface area contributed by atoms with E-state index in [0.29, 0.717) is 5.15 Å². The fraction of sp³-hybridized carbons (Fsp3) is 0.231. The van der Waals surface area contributed by atoms with E-state index >= 15 is 0 Å². The molecule has 0 radical (unpaired) electrons. The number of thioether (sulfide) groups is 1. The number of aryl methyl sites for hydroxylation is 1. The Balaban J connectivity index is 2.05. The average molecular weight is 344 g/mol. The van der Waals surface area contributed by atoms with Crippen molar-refractivity contribution in [3.05, 3.63) is 51.5 Å². The zero-order valence-corrected chi connectivity index (χ0v) is 13.0. The summed E-state index contributed by atoms with van der Waals surface area (Å²) in [6.07, 6.45) is 0.873. The predicted octanol–water partition coefficient (Wildman–Crippen LogP) is 4.75. The summed E-state index contributed by atoms with van der Waals surface area (Å²) in [6.45, 7) is 2.06. The lowest BCUT2D eigenvalue weighted by atomic mass is 10.3. The average Bonchev–Trinajstić information content (AvgIpc) is 2.37. The third-order valence-corrected chi connectivity index (χ3v) is 4.07. The van der Waals surface area contributed by atoms with Crippen LogP contribution >= 0.6 is 39.3 Å². The fourth-order valence-electron chi connectivity index (χ4n) is 1.44. The second-order valence-electron chi connectivity index (χ2n) is 3.69. The Kier molecular flexibility index (Phi) is 5.03. The number of benzene rings is 1. The maximum absolute atomic E-state index is 5.96. The largest absolute Gasteiger partial charge is 0.237 e. The van der Waals surface area contributed by atoms with Crippen LogP contribution in [0.3, 0.4) is 0 Å². The minimum Gasteiger partial charge on any atom is -0.237 e. The highest BCUT2D eigenvalue weighted by Gasteiger charge is 2.03. The minimum atomic E-state index is 0.522. The molecular weight excluding hydrogens is 332 g/mol. The van der Waals surface area contributed by atoms with Crippen LogP contribution in [0.2, 0.25) is 5.15 Å². The van der Waals surface area contributed by atoms with Crippen molar-refractivity contribution in [3.63, 3.8) is 0 Å². The summed E-state index contributed by atoms with van der Waals surface area (Å²) in [5.41, 5.74) is 0.987. The normalized spacial score (nSPS) is 10.6. The van der Waals surface area contributed by atoms with Gasteiger partial charge in [0.2, 0.25) is 0 Å². The van der Waals surface area contributed by atoms with E-state index in [1.54, 1.807) is 11.8 Å². The van der Waals surface area contributed by atoms with Crippen molar-refractivity contribution in [1.82, 2.24) is 9.97 Å². The van der Waals surface area contributed by atoms with Gasteiger partial charge in [0.05, 0.1) is 5.75 Å². The standard InChI is InChI=1S/C13H12BrClN2S/c1-2-10-7-12(15)17-13(16-10)8-18-11-5-3-9(14)4-6-11/h3-7H,2,8H2,1H3. The second kappa shape index (κ2) is 6.55. The van der Waals surface area contributed by atoms with Crippen LogP contribution in [0, 0.1) is 0 Å². The molecule has 5 heteroatoms. The van der Waals surface area contributed by atoms with Crippen LogP contribution in [0.4, 0.5) is 0 Å². The molecule has 0 aliphatic carbocycles. The van der Waals surface area contributed by atoms with Gasteiger partial charge in [-0.25, -0.2) is 9.97 Å². The molecule has 2 aromatic rings. The molecule has 0 fully saturated rings. The Morgan fingerprint density at radius 3 is 2.61 bits per heavy atom. The summed E-state index contributed by atoms with van der Waals surface area (Å²) in [4.78, 5) is 9.89. The molecule has 1 aromatic heterocycles. The van der Waals surface area contributed by atoms with Gasteiger partial charge in [0.15, 0.2) is 0 Å². The number of aromatic nitrogens is 2. The van der Waals surface area contributed by atoms with E-state index in [1.165, 1.54) is 4.90 Å². The van der Waals surface area contributed by atoms with Gasteiger partial charge >= 0.3 is 0 Å². The van der Waals surface area contributed by atoms with E-state index in [0.717, 1.165) is 28.2 Å². The number of nitrogens with zero attached hydrogens (tertiary/aromatic N) is 2. The molecule has 18 heavy (non-hydrogen) atoms. The van der Waals surface area contributed by atoms with Crippen LogP contribution < -0.4 is 0 Å². The maximum atomic E-state index is 5.96. The second-order valence-corrected chi connectivity index (χ2v) is 6.05. The molecule has 0 aliphatic heterocycles. The van der Waals surface area contributed by atoms with Crippen LogP contribution in [0.15, 0.2) is 39.7 Å². The van der Waals surface area contributed by atoms with Crippen LogP contribution in [-0.2, 0) is 12.2 Å². The zero-order valence-electron chi connectivity index (χ0n) is 9.86. The first kappa shape index (κ1) is 13.8. The summed E-state index contributed by atoms with van der Waals surface area (Å²) in [5.74, 6) is 1.52. The SMILES string of the molecule is CCc1cc(Cl)nc(CSc2ccc(Br)cc2)n1. The van der Waals surface area contributed by atoms with Gasteiger partial charge in [-0.15, -0.1) is 11.8 Å². The van der Waals surface area contributed by atoms with E-state index in [1.807, 2.05) is 18.2 Å². The number of hydrogen-bond acceptors (Lipinski definition) is 3. The Labute approximate surface area is 124 Å². The lowest BCUT2D eigenvalue weighted by Gasteiger charge is -2.04. The lowest BCUT2D eigenvalue weighted by molar-refractivity contribution is 0.940. The molecule has 0 N–H and O–H groups in total. The van der Waals surface area contributed by atoms with E-state index in [-0.39, 0.29) is 0 Å². The first-order chi connectivity index (χ1) is 8.67. The maximum Gasteiger partial charge on any atom is 0.140 e. The molecule has 0 saturated heterocycles. The number of hydrogen-bond donors (Lipinski definition) is 0. The highest BCUT2D eigenvalue weighted by molar-refractivity contribution is 9.10. The van der Waals surface area contributed by atoms with E-state index < -0.39 is 0 Å². The van der Waals surface area contributed by atoms with Gasteiger partial charge in [0.25, 0.3) is 0 Å². The van der Waals surface area contributed by atoms with Gasteiger partial charge in [-0.2, -0.15) is 0 Å². The van der Waals surface area contributed by atoms with Crippen LogP contribution in [-0.4, -0.2) is 9.97 Å². The van der Waals surface area contributed by atoms with Crippen molar-refractivity contribution < 1.29 is 0 Å². The molecule has 1 heterocycles. The number of halogens is 2. The molecule has 0 spiro atoms. The van der Waals surface area contributed by atoms with E-state index in [9.17, 15) is 0 Å². The van der Waals surface area contributed by atoms with Crippen molar-refractivity contribution in [2.24, 2.45) is 0 Å². The summed E-state index contributed by atoms with van der Waals surface area (Å²) >= 11 is 11.1.